The van der Waals surface area contributed by atoms with Crippen molar-refractivity contribution in [2.75, 3.05) is 12.4 Å². The fourth-order valence-electron chi connectivity index (χ4n) is 3.24. The van der Waals surface area contributed by atoms with Crippen LogP contribution in [0.5, 0.6) is 0 Å². The van der Waals surface area contributed by atoms with Crippen LogP contribution >= 0.6 is 23.4 Å². The Morgan fingerprint density at radius 2 is 1.93 bits per heavy atom. The van der Waals surface area contributed by atoms with Crippen molar-refractivity contribution in [3.63, 3.8) is 0 Å². The van der Waals surface area contributed by atoms with Crippen molar-refractivity contribution >= 4 is 35.3 Å². The molecule has 0 fully saturated rings. The second kappa shape index (κ2) is 8.31. The number of nitrogens with zero attached hydrogens (tertiary/aromatic N) is 3. The monoisotopic (exact) mass is 426 g/mol. The van der Waals surface area contributed by atoms with Gasteiger partial charge >= 0.3 is 5.97 Å². The molecule has 0 spiro atoms. The van der Waals surface area contributed by atoms with E-state index in [9.17, 15) is 4.79 Å². The number of aromatic nitrogens is 3. The first-order valence-corrected chi connectivity index (χ1v) is 10.4. The number of halogens is 1. The number of nitrogens with one attached hydrogen (secondary N) is 1. The van der Waals surface area contributed by atoms with E-state index in [2.05, 4.69) is 27.5 Å². The number of rotatable bonds is 5. The van der Waals surface area contributed by atoms with Crippen LogP contribution in [0.3, 0.4) is 0 Å². The van der Waals surface area contributed by atoms with Crippen LogP contribution in [0.15, 0.2) is 71.0 Å². The lowest BCUT2D eigenvalue weighted by atomic mass is 9.96. The van der Waals surface area contributed by atoms with Crippen molar-refractivity contribution < 1.29 is 9.53 Å². The molecule has 1 unspecified atom stereocenters. The molecular formula is C21H19ClN4O2S. The van der Waals surface area contributed by atoms with Crippen LogP contribution < -0.4 is 5.32 Å². The molecule has 29 heavy (non-hydrogen) atoms. The standard InChI is InChI=1S/C21H19ClN4O2S/c1-13-17(19(27)28-2)18(15-8-10-16(22)11-9-15)26-20(23-13)24-21(25-26)29-12-14-6-4-3-5-7-14/h3-11,18H,12H2,1-2H3,(H,23,24,25). The first-order valence-electron chi connectivity index (χ1n) is 9.01. The second-order valence-corrected chi connectivity index (χ2v) is 7.93. The molecule has 1 atom stereocenters. The highest BCUT2D eigenvalue weighted by Gasteiger charge is 2.34. The molecule has 2 heterocycles. The topological polar surface area (TPSA) is 69.0 Å². The number of hydrogen-bond acceptors (Lipinski definition) is 6. The lowest BCUT2D eigenvalue weighted by Crippen LogP contribution is -2.29. The normalized spacial score (nSPS) is 15.6. The Bertz CT molecular complexity index is 1060. The molecule has 1 aliphatic heterocycles. The highest BCUT2D eigenvalue weighted by atomic mass is 35.5. The van der Waals surface area contributed by atoms with Crippen LogP contribution in [0, 0.1) is 0 Å². The van der Waals surface area contributed by atoms with Crippen LogP contribution in [0.2, 0.25) is 5.02 Å². The van der Waals surface area contributed by atoms with Crippen LogP contribution in [0.4, 0.5) is 5.95 Å². The van der Waals surface area contributed by atoms with Crippen molar-refractivity contribution in [2.24, 2.45) is 0 Å². The van der Waals surface area contributed by atoms with Crippen molar-refractivity contribution in [1.29, 1.82) is 0 Å². The van der Waals surface area contributed by atoms with E-state index in [0.29, 0.717) is 27.4 Å². The molecule has 3 aromatic rings. The van der Waals surface area contributed by atoms with Gasteiger partial charge in [0.25, 0.3) is 0 Å². The van der Waals surface area contributed by atoms with E-state index in [1.165, 1.54) is 12.7 Å². The first-order chi connectivity index (χ1) is 14.1. The molecule has 0 amide bonds. The Morgan fingerprint density at radius 3 is 2.62 bits per heavy atom. The second-order valence-electron chi connectivity index (χ2n) is 6.55. The molecule has 148 valence electrons. The summed E-state index contributed by atoms with van der Waals surface area (Å²) in [5.41, 5.74) is 3.25. The number of benzene rings is 2. The highest BCUT2D eigenvalue weighted by Crippen LogP contribution is 2.37. The molecule has 1 aromatic heterocycles. The van der Waals surface area contributed by atoms with Gasteiger partial charge in [0.2, 0.25) is 11.1 Å². The molecule has 0 saturated heterocycles. The van der Waals surface area contributed by atoms with Gasteiger partial charge in [-0.05, 0) is 30.2 Å². The van der Waals surface area contributed by atoms with Gasteiger partial charge in [-0.1, -0.05) is 65.8 Å². The quantitative estimate of drug-likeness (QED) is 0.471. The van der Waals surface area contributed by atoms with E-state index in [-0.39, 0.29) is 0 Å². The summed E-state index contributed by atoms with van der Waals surface area (Å²) in [7, 11) is 1.37. The maximum absolute atomic E-state index is 12.5. The van der Waals surface area contributed by atoms with Crippen molar-refractivity contribution in [3.05, 3.63) is 82.0 Å². The third-order valence-corrected chi connectivity index (χ3v) is 5.80. The SMILES string of the molecule is COC(=O)C1=C(C)Nc2nc(SCc3ccccc3)nn2C1c1ccc(Cl)cc1. The number of esters is 1. The van der Waals surface area contributed by atoms with E-state index in [1.807, 2.05) is 37.3 Å². The van der Waals surface area contributed by atoms with Gasteiger partial charge in [-0.25, -0.2) is 9.48 Å². The molecular weight excluding hydrogens is 408 g/mol. The summed E-state index contributed by atoms with van der Waals surface area (Å²) in [5, 5.41) is 9.12. The smallest absolute Gasteiger partial charge is 0.338 e. The van der Waals surface area contributed by atoms with Crippen molar-refractivity contribution in [3.8, 4) is 0 Å². The average molecular weight is 427 g/mol. The number of fused-ring (bicyclic) bond motifs is 1. The summed E-state index contributed by atoms with van der Waals surface area (Å²) >= 11 is 7.60. The van der Waals surface area contributed by atoms with Crippen molar-refractivity contribution in [1.82, 2.24) is 14.8 Å². The summed E-state index contributed by atoms with van der Waals surface area (Å²) in [6, 6.07) is 17.1. The Hall–Kier alpha value is -2.77. The maximum atomic E-state index is 12.5. The fourth-order valence-corrected chi connectivity index (χ4v) is 4.15. The predicted octanol–water partition coefficient (Wildman–Crippen LogP) is 4.69. The van der Waals surface area contributed by atoms with E-state index in [4.69, 9.17) is 16.3 Å². The summed E-state index contributed by atoms with van der Waals surface area (Å²) in [4.78, 5) is 17.2. The third-order valence-electron chi connectivity index (χ3n) is 4.63. The number of anilines is 1. The number of carbonyl (C=O) groups excluding carboxylic acids is 1. The molecule has 0 aliphatic carbocycles. The predicted molar refractivity (Wildman–Crippen MR) is 114 cm³/mol. The van der Waals surface area contributed by atoms with Gasteiger partial charge in [-0.15, -0.1) is 5.10 Å². The zero-order valence-corrected chi connectivity index (χ0v) is 17.5. The Labute approximate surface area is 177 Å². The summed E-state index contributed by atoms with van der Waals surface area (Å²) in [6.45, 7) is 1.84. The minimum absolute atomic E-state index is 0.408. The average Bonchev–Trinajstić information content (AvgIpc) is 3.14. The molecule has 8 heteroatoms. The number of thioether (sulfide) groups is 1. The summed E-state index contributed by atoms with van der Waals surface area (Å²) < 4.78 is 6.77. The zero-order valence-electron chi connectivity index (χ0n) is 15.9. The number of carbonyl (C=O) groups is 1. The van der Waals surface area contributed by atoms with Gasteiger partial charge in [0.05, 0.1) is 12.7 Å². The third kappa shape index (κ3) is 4.02. The van der Waals surface area contributed by atoms with Crippen LogP contribution in [-0.4, -0.2) is 27.8 Å². The van der Waals surface area contributed by atoms with Crippen LogP contribution in [0.25, 0.3) is 0 Å². The van der Waals surface area contributed by atoms with Gasteiger partial charge < -0.3 is 10.1 Å². The Balaban J connectivity index is 1.70. The number of hydrogen-bond donors (Lipinski definition) is 1. The van der Waals surface area contributed by atoms with Gasteiger partial charge in [-0.2, -0.15) is 4.98 Å². The number of ether oxygens (including phenoxy) is 1. The summed E-state index contributed by atoms with van der Waals surface area (Å²) in [6.07, 6.45) is 0. The molecule has 0 radical (unpaired) electrons. The van der Waals surface area contributed by atoms with E-state index < -0.39 is 12.0 Å². The molecule has 6 nitrogen and oxygen atoms in total. The Kier molecular flexibility index (Phi) is 5.60. The molecule has 2 aromatic carbocycles. The van der Waals surface area contributed by atoms with Gasteiger partial charge in [0, 0.05) is 16.5 Å². The molecule has 1 aliphatic rings. The van der Waals surface area contributed by atoms with Gasteiger partial charge in [-0.3, -0.25) is 0 Å². The van der Waals surface area contributed by atoms with Crippen LogP contribution in [0.1, 0.15) is 24.1 Å². The fraction of sp³-hybridized carbons (Fsp3) is 0.190. The minimum atomic E-state index is -0.449. The maximum Gasteiger partial charge on any atom is 0.338 e. The first kappa shape index (κ1) is 19.5. The highest BCUT2D eigenvalue weighted by molar-refractivity contribution is 7.98. The van der Waals surface area contributed by atoms with Crippen LogP contribution in [-0.2, 0) is 15.3 Å². The van der Waals surface area contributed by atoms with Crippen molar-refractivity contribution in [2.45, 2.75) is 23.9 Å². The number of allylic oxidation sites excluding steroid dienone is 1. The largest absolute Gasteiger partial charge is 0.466 e. The molecule has 0 bridgehead atoms. The molecule has 4 rings (SSSR count). The molecule has 1 N–H and O–H groups in total. The van der Waals surface area contributed by atoms with Gasteiger partial charge in [0.1, 0.15) is 6.04 Å². The van der Waals surface area contributed by atoms with Gasteiger partial charge in [0.15, 0.2) is 0 Å². The number of methoxy groups -OCH3 is 1. The van der Waals surface area contributed by atoms with E-state index >= 15 is 0 Å². The summed E-state index contributed by atoms with van der Waals surface area (Å²) in [5.74, 6) is 0.937. The van der Waals surface area contributed by atoms with E-state index in [1.54, 1.807) is 28.6 Å². The molecule has 0 saturated carbocycles. The van der Waals surface area contributed by atoms with E-state index in [0.717, 1.165) is 11.3 Å². The lowest BCUT2D eigenvalue weighted by Gasteiger charge is -2.27. The zero-order chi connectivity index (χ0) is 20.4. The Morgan fingerprint density at radius 1 is 1.21 bits per heavy atom. The lowest BCUT2D eigenvalue weighted by molar-refractivity contribution is -0.136. The minimum Gasteiger partial charge on any atom is -0.466 e.